The van der Waals surface area contributed by atoms with Crippen LogP contribution in [0.2, 0.25) is 0 Å². The summed E-state index contributed by atoms with van der Waals surface area (Å²) >= 11 is 0. The minimum Gasteiger partial charge on any atom is -0.478 e. The van der Waals surface area contributed by atoms with E-state index in [4.69, 9.17) is 5.11 Å². The van der Waals surface area contributed by atoms with Gasteiger partial charge < -0.3 is 10.4 Å². The van der Waals surface area contributed by atoms with E-state index in [1.807, 2.05) is 0 Å². The molecule has 2 N–H and O–H groups in total. The Kier molecular flexibility index (Phi) is 4.89. The Hall–Kier alpha value is -2.41. The molecule has 0 saturated heterocycles. The molecule has 1 heterocycles. The minimum atomic E-state index is -1.10. The summed E-state index contributed by atoms with van der Waals surface area (Å²) < 4.78 is 26.0. The summed E-state index contributed by atoms with van der Waals surface area (Å²) in [5.74, 6) is -2.33. The first kappa shape index (κ1) is 15.0. The van der Waals surface area contributed by atoms with Gasteiger partial charge >= 0.3 is 5.97 Å². The molecular formula is C14H13F2N3O2. The largest absolute Gasteiger partial charge is 0.478 e. The lowest BCUT2D eigenvalue weighted by molar-refractivity contribution is 0.0694. The monoisotopic (exact) mass is 293 g/mol. The second kappa shape index (κ2) is 6.85. The highest BCUT2D eigenvalue weighted by Gasteiger charge is 2.10. The Labute approximate surface area is 119 Å². The normalized spacial score (nSPS) is 10.6. The molecule has 0 aliphatic rings. The van der Waals surface area contributed by atoms with E-state index in [-0.39, 0.29) is 12.1 Å². The lowest BCUT2D eigenvalue weighted by Crippen LogP contribution is -2.20. The lowest BCUT2D eigenvalue weighted by Gasteiger charge is -2.07. The summed E-state index contributed by atoms with van der Waals surface area (Å²) in [6.45, 7) is 0.675. The molecule has 0 radical (unpaired) electrons. The highest BCUT2D eigenvalue weighted by molar-refractivity contribution is 5.88. The van der Waals surface area contributed by atoms with E-state index in [0.717, 1.165) is 6.07 Å². The Morgan fingerprint density at radius 1 is 1.24 bits per heavy atom. The molecule has 110 valence electrons. The van der Waals surface area contributed by atoms with Gasteiger partial charge in [-0.05, 0) is 30.7 Å². The summed E-state index contributed by atoms with van der Waals surface area (Å²) in [5.41, 5.74) is 0.922. The number of nitrogens with one attached hydrogen (secondary N) is 1. The molecule has 1 aromatic heterocycles. The molecule has 0 saturated carbocycles. The standard InChI is InChI=1S/C14H13F2N3O2/c15-10-3-9(4-11(16)5-10)1-2-17-7-13-12(14(20)21)6-18-8-19-13/h3-6,8,17H,1-2,7H2,(H,20,21). The molecule has 0 fully saturated rings. The van der Waals surface area contributed by atoms with E-state index >= 15 is 0 Å². The molecule has 7 heteroatoms. The van der Waals surface area contributed by atoms with Gasteiger partial charge in [-0.25, -0.2) is 23.5 Å². The molecule has 0 aliphatic heterocycles. The molecule has 2 rings (SSSR count). The van der Waals surface area contributed by atoms with Crippen molar-refractivity contribution in [3.8, 4) is 0 Å². The topological polar surface area (TPSA) is 75.1 Å². The van der Waals surface area contributed by atoms with Crippen LogP contribution in [0, 0.1) is 11.6 Å². The molecular weight excluding hydrogens is 280 g/mol. The van der Waals surface area contributed by atoms with Gasteiger partial charge in [-0.15, -0.1) is 0 Å². The molecule has 0 amide bonds. The number of benzene rings is 1. The van der Waals surface area contributed by atoms with Crippen LogP contribution in [-0.4, -0.2) is 27.6 Å². The molecule has 5 nitrogen and oxygen atoms in total. The SMILES string of the molecule is O=C(O)c1cncnc1CNCCc1cc(F)cc(F)c1. The van der Waals surface area contributed by atoms with E-state index in [9.17, 15) is 13.6 Å². The van der Waals surface area contributed by atoms with Crippen molar-refractivity contribution in [2.24, 2.45) is 0 Å². The predicted octanol–water partition coefficient (Wildman–Crippen LogP) is 1.79. The number of aromatic carboxylic acids is 1. The van der Waals surface area contributed by atoms with Crippen LogP contribution in [0.4, 0.5) is 8.78 Å². The number of halogens is 2. The third kappa shape index (κ3) is 4.28. The van der Waals surface area contributed by atoms with Gasteiger partial charge in [-0.3, -0.25) is 0 Å². The van der Waals surface area contributed by atoms with Crippen molar-refractivity contribution in [3.05, 3.63) is 59.2 Å². The number of hydrogen-bond acceptors (Lipinski definition) is 4. The minimum absolute atomic E-state index is 0.0294. The van der Waals surface area contributed by atoms with Crippen molar-refractivity contribution >= 4 is 5.97 Å². The van der Waals surface area contributed by atoms with Crippen LogP contribution in [0.3, 0.4) is 0 Å². The van der Waals surface area contributed by atoms with Crippen LogP contribution in [0.15, 0.2) is 30.7 Å². The maximum Gasteiger partial charge on any atom is 0.339 e. The molecule has 0 aliphatic carbocycles. The molecule has 2 aromatic rings. The second-order valence-corrected chi connectivity index (χ2v) is 4.39. The number of rotatable bonds is 6. The fraction of sp³-hybridized carbons (Fsp3) is 0.214. The average Bonchev–Trinajstić information content (AvgIpc) is 2.43. The van der Waals surface area contributed by atoms with Crippen LogP contribution < -0.4 is 5.32 Å². The predicted molar refractivity (Wildman–Crippen MR) is 70.8 cm³/mol. The third-order valence-corrected chi connectivity index (χ3v) is 2.83. The zero-order chi connectivity index (χ0) is 15.2. The van der Waals surface area contributed by atoms with Crippen molar-refractivity contribution in [1.29, 1.82) is 0 Å². The summed E-state index contributed by atoms with van der Waals surface area (Å²) in [7, 11) is 0. The molecule has 0 atom stereocenters. The van der Waals surface area contributed by atoms with Crippen molar-refractivity contribution in [2.45, 2.75) is 13.0 Å². The quantitative estimate of drug-likeness (QED) is 0.794. The number of carboxylic acids is 1. The van der Waals surface area contributed by atoms with E-state index in [1.54, 1.807) is 0 Å². The zero-order valence-corrected chi connectivity index (χ0v) is 11.0. The van der Waals surface area contributed by atoms with Gasteiger partial charge in [0.15, 0.2) is 0 Å². The van der Waals surface area contributed by atoms with E-state index in [1.165, 1.54) is 24.7 Å². The summed E-state index contributed by atoms with van der Waals surface area (Å²) in [6.07, 6.45) is 2.92. The fourth-order valence-corrected chi connectivity index (χ4v) is 1.87. The van der Waals surface area contributed by atoms with Crippen LogP contribution in [0.1, 0.15) is 21.6 Å². The first-order valence-electron chi connectivity index (χ1n) is 6.24. The van der Waals surface area contributed by atoms with Crippen LogP contribution in [0.5, 0.6) is 0 Å². The molecule has 21 heavy (non-hydrogen) atoms. The summed E-state index contributed by atoms with van der Waals surface area (Å²) in [5, 5.41) is 12.0. The Morgan fingerprint density at radius 2 is 1.95 bits per heavy atom. The van der Waals surface area contributed by atoms with E-state index in [2.05, 4.69) is 15.3 Å². The van der Waals surface area contributed by atoms with Crippen molar-refractivity contribution in [3.63, 3.8) is 0 Å². The summed E-state index contributed by atoms with van der Waals surface area (Å²) in [4.78, 5) is 18.5. The summed E-state index contributed by atoms with van der Waals surface area (Å²) in [6, 6.07) is 3.34. The van der Waals surface area contributed by atoms with Crippen LogP contribution in [0.25, 0.3) is 0 Å². The molecule has 0 bridgehead atoms. The second-order valence-electron chi connectivity index (χ2n) is 4.39. The highest BCUT2D eigenvalue weighted by Crippen LogP contribution is 2.08. The van der Waals surface area contributed by atoms with Gasteiger partial charge in [0, 0.05) is 18.8 Å². The van der Waals surface area contributed by atoms with E-state index < -0.39 is 17.6 Å². The van der Waals surface area contributed by atoms with Gasteiger partial charge in [0.25, 0.3) is 0 Å². The van der Waals surface area contributed by atoms with Gasteiger partial charge in [-0.1, -0.05) is 0 Å². The fourth-order valence-electron chi connectivity index (χ4n) is 1.87. The van der Waals surface area contributed by atoms with E-state index in [0.29, 0.717) is 24.2 Å². The van der Waals surface area contributed by atoms with Gasteiger partial charge in [0.1, 0.15) is 23.5 Å². The third-order valence-electron chi connectivity index (χ3n) is 2.83. The Balaban J connectivity index is 1.89. The van der Waals surface area contributed by atoms with Crippen LogP contribution >= 0.6 is 0 Å². The maximum atomic E-state index is 13.0. The molecule has 0 spiro atoms. The first-order chi connectivity index (χ1) is 10.1. The maximum absolute atomic E-state index is 13.0. The van der Waals surface area contributed by atoms with Gasteiger partial charge in [0.05, 0.1) is 5.69 Å². The van der Waals surface area contributed by atoms with Crippen molar-refractivity contribution in [1.82, 2.24) is 15.3 Å². The number of nitrogens with zero attached hydrogens (tertiary/aromatic N) is 2. The smallest absolute Gasteiger partial charge is 0.339 e. The lowest BCUT2D eigenvalue weighted by atomic mass is 10.1. The van der Waals surface area contributed by atoms with Crippen LogP contribution in [-0.2, 0) is 13.0 Å². The average molecular weight is 293 g/mol. The van der Waals surface area contributed by atoms with Crippen molar-refractivity contribution < 1.29 is 18.7 Å². The number of aromatic nitrogens is 2. The molecule has 1 aromatic carbocycles. The Bertz CT molecular complexity index is 630. The first-order valence-corrected chi connectivity index (χ1v) is 6.24. The Morgan fingerprint density at radius 3 is 2.62 bits per heavy atom. The highest BCUT2D eigenvalue weighted by atomic mass is 19.1. The van der Waals surface area contributed by atoms with Gasteiger partial charge in [0.2, 0.25) is 0 Å². The zero-order valence-electron chi connectivity index (χ0n) is 11.0. The molecule has 0 unspecified atom stereocenters. The van der Waals surface area contributed by atoms with Crippen molar-refractivity contribution in [2.75, 3.05) is 6.54 Å². The number of hydrogen-bond donors (Lipinski definition) is 2. The number of carbonyl (C=O) groups is 1. The van der Waals surface area contributed by atoms with Gasteiger partial charge in [-0.2, -0.15) is 0 Å². The number of carboxylic acid groups (broad SMARTS) is 1.